The number of anilines is 1. The van der Waals surface area contributed by atoms with Crippen LogP contribution in [-0.4, -0.2) is 19.1 Å². The van der Waals surface area contributed by atoms with Gasteiger partial charge in [0.2, 0.25) is 5.91 Å². The van der Waals surface area contributed by atoms with Gasteiger partial charge < -0.3 is 20.5 Å². The standard InChI is InChI=1S/C19H21FN2O3.ClH/c1-24-17-4-2-3-5-18(17)25-16-9-8-14(11-15(16)20)22-19(23)12-6-7-13(21)10-12;/h2-5,8-9,11-13H,6-7,10,21H2,1H3,(H,22,23);1H. The monoisotopic (exact) mass is 380 g/mol. The molecule has 0 spiro atoms. The van der Waals surface area contributed by atoms with Crippen molar-refractivity contribution in [2.24, 2.45) is 11.7 Å². The summed E-state index contributed by atoms with van der Waals surface area (Å²) in [7, 11) is 1.52. The molecule has 1 aliphatic rings. The summed E-state index contributed by atoms with van der Waals surface area (Å²) >= 11 is 0. The molecule has 1 saturated carbocycles. The van der Waals surface area contributed by atoms with Crippen molar-refractivity contribution < 1.29 is 18.7 Å². The Labute approximate surface area is 158 Å². The van der Waals surface area contributed by atoms with Gasteiger partial charge in [0, 0.05) is 23.7 Å². The van der Waals surface area contributed by atoms with Gasteiger partial charge in [0.15, 0.2) is 23.1 Å². The average Bonchev–Trinajstić information content (AvgIpc) is 3.04. The molecular formula is C19H22ClFN2O3. The first-order valence-electron chi connectivity index (χ1n) is 8.23. The van der Waals surface area contributed by atoms with Crippen LogP contribution >= 0.6 is 12.4 Å². The number of nitrogens with one attached hydrogen (secondary N) is 1. The first-order valence-corrected chi connectivity index (χ1v) is 8.23. The maximum Gasteiger partial charge on any atom is 0.227 e. The number of carbonyl (C=O) groups excluding carboxylic acids is 1. The van der Waals surface area contributed by atoms with Crippen molar-refractivity contribution in [3.05, 3.63) is 48.3 Å². The van der Waals surface area contributed by atoms with Crippen LogP contribution in [0, 0.1) is 11.7 Å². The Morgan fingerprint density at radius 3 is 2.50 bits per heavy atom. The van der Waals surface area contributed by atoms with E-state index in [-0.39, 0.29) is 36.0 Å². The second-order valence-electron chi connectivity index (χ2n) is 6.16. The summed E-state index contributed by atoms with van der Waals surface area (Å²) in [6.07, 6.45) is 2.28. The van der Waals surface area contributed by atoms with Crippen molar-refractivity contribution >= 4 is 24.0 Å². The van der Waals surface area contributed by atoms with Gasteiger partial charge in [-0.1, -0.05) is 12.1 Å². The number of ether oxygens (including phenoxy) is 2. The van der Waals surface area contributed by atoms with Gasteiger partial charge in [-0.2, -0.15) is 0 Å². The van der Waals surface area contributed by atoms with Gasteiger partial charge in [0.25, 0.3) is 0 Å². The fraction of sp³-hybridized carbons (Fsp3) is 0.316. The second-order valence-corrected chi connectivity index (χ2v) is 6.16. The highest BCUT2D eigenvalue weighted by molar-refractivity contribution is 5.92. The first kappa shape index (κ1) is 20.0. The molecule has 2 aromatic carbocycles. The van der Waals surface area contributed by atoms with Crippen LogP contribution in [0.4, 0.5) is 10.1 Å². The molecule has 1 aliphatic carbocycles. The first-order chi connectivity index (χ1) is 12.1. The lowest BCUT2D eigenvalue weighted by atomic mass is 10.1. The Morgan fingerprint density at radius 2 is 1.88 bits per heavy atom. The van der Waals surface area contributed by atoms with E-state index in [0.717, 1.165) is 12.8 Å². The molecule has 0 saturated heterocycles. The molecule has 0 radical (unpaired) electrons. The van der Waals surface area contributed by atoms with Crippen LogP contribution in [0.25, 0.3) is 0 Å². The molecule has 0 aliphatic heterocycles. The van der Waals surface area contributed by atoms with Gasteiger partial charge in [-0.25, -0.2) is 4.39 Å². The van der Waals surface area contributed by atoms with Crippen LogP contribution in [0.3, 0.4) is 0 Å². The minimum absolute atomic E-state index is 0. The second kappa shape index (κ2) is 8.87. The van der Waals surface area contributed by atoms with Crippen LogP contribution in [-0.2, 0) is 4.79 Å². The van der Waals surface area contributed by atoms with Crippen molar-refractivity contribution in [2.45, 2.75) is 25.3 Å². The zero-order valence-electron chi connectivity index (χ0n) is 14.4. The molecule has 0 bridgehead atoms. The summed E-state index contributed by atoms with van der Waals surface area (Å²) in [6, 6.07) is 11.4. The van der Waals surface area contributed by atoms with Gasteiger partial charge in [-0.15, -0.1) is 12.4 Å². The summed E-state index contributed by atoms with van der Waals surface area (Å²) in [5, 5.41) is 2.74. The summed E-state index contributed by atoms with van der Waals surface area (Å²) < 4.78 is 25.1. The molecule has 1 fully saturated rings. The van der Waals surface area contributed by atoms with Crippen molar-refractivity contribution in [1.29, 1.82) is 0 Å². The van der Waals surface area contributed by atoms with Crippen molar-refractivity contribution in [1.82, 2.24) is 0 Å². The summed E-state index contributed by atoms with van der Waals surface area (Å²) in [6.45, 7) is 0. The highest BCUT2D eigenvalue weighted by atomic mass is 35.5. The van der Waals surface area contributed by atoms with E-state index in [1.807, 2.05) is 0 Å². The smallest absolute Gasteiger partial charge is 0.227 e. The molecule has 0 aromatic heterocycles. The summed E-state index contributed by atoms with van der Waals surface area (Å²) in [5.74, 6) is 0.197. The number of benzene rings is 2. The van der Waals surface area contributed by atoms with Crippen LogP contribution in [0.2, 0.25) is 0 Å². The molecular weight excluding hydrogens is 359 g/mol. The predicted molar refractivity (Wildman–Crippen MR) is 101 cm³/mol. The highest BCUT2D eigenvalue weighted by Gasteiger charge is 2.27. The van der Waals surface area contributed by atoms with Gasteiger partial charge >= 0.3 is 0 Å². The highest BCUT2D eigenvalue weighted by Crippen LogP contribution is 2.33. The fourth-order valence-electron chi connectivity index (χ4n) is 2.98. The molecule has 7 heteroatoms. The minimum Gasteiger partial charge on any atom is -0.493 e. The molecule has 3 rings (SSSR count). The largest absolute Gasteiger partial charge is 0.493 e. The zero-order valence-corrected chi connectivity index (χ0v) is 15.2. The van der Waals surface area contributed by atoms with E-state index >= 15 is 0 Å². The lowest BCUT2D eigenvalue weighted by Crippen LogP contribution is -2.23. The SMILES string of the molecule is COc1ccccc1Oc1ccc(NC(=O)C2CCC(N)C2)cc1F.Cl. The molecule has 1 amide bonds. The Kier molecular flexibility index (Phi) is 6.83. The van der Waals surface area contributed by atoms with Crippen molar-refractivity contribution in [3.63, 3.8) is 0 Å². The van der Waals surface area contributed by atoms with E-state index in [9.17, 15) is 9.18 Å². The number of rotatable bonds is 5. The Hall–Kier alpha value is -2.31. The van der Waals surface area contributed by atoms with Gasteiger partial charge in [-0.3, -0.25) is 4.79 Å². The predicted octanol–water partition coefficient (Wildman–Crippen LogP) is 4.11. The van der Waals surface area contributed by atoms with Gasteiger partial charge in [0.05, 0.1) is 7.11 Å². The van der Waals surface area contributed by atoms with Crippen molar-refractivity contribution in [3.8, 4) is 17.2 Å². The third kappa shape index (κ3) is 4.65. The van der Waals surface area contributed by atoms with E-state index in [2.05, 4.69) is 5.32 Å². The van der Waals surface area contributed by atoms with Crippen molar-refractivity contribution in [2.75, 3.05) is 12.4 Å². The molecule has 3 N–H and O–H groups in total. The van der Waals surface area contributed by atoms with E-state index in [0.29, 0.717) is 23.6 Å². The Bertz CT molecular complexity index is 772. The van der Waals surface area contributed by atoms with Gasteiger partial charge in [0.1, 0.15) is 0 Å². The van der Waals surface area contributed by atoms with E-state index in [1.54, 1.807) is 30.3 Å². The molecule has 5 nitrogen and oxygen atoms in total. The normalized spacial score (nSPS) is 18.7. The molecule has 2 unspecified atom stereocenters. The topological polar surface area (TPSA) is 73.6 Å². The lowest BCUT2D eigenvalue weighted by molar-refractivity contribution is -0.119. The van der Waals surface area contributed by atoms with Crippen LogP contribution in [0.5, 0.6) is 17.2 Å². The van der Waals surface area contributed by atoms with Crippen LogP contribution in [0.1, 0.15) is 19.3 Å². The summed E-state index contributed by atoms with van der Waals surface area (Å²) in [4.78, 5) is 12.2. The molecule has 2 atom stereocenters. The number of hydrogen-bond acceptors (Lipinski definition) is 4. The van der Waals surface area contributed by atoms with Crippen LogP contribution < -0.4 is 20.5 Å². The molecule has 0 heterocycles. The maximum atomic E-state index is 14.3. The number of halogens is 2. The number of carbonyl (C=O) groups is 1. The zero-order chi connectivity index (χ0) is 17.8. The quantitative estimate of drug-likeness (QED) is 0.818. The maximum absolute atomic E-state index is 14.3. The lowest BCUT2D eigenvalue weighted by Gasteiger charge is -2.13. The van der Waals surface area contributed by atoms with Gasteiger partial charge in [-0.05, 0) is 43.5 Å². The van der Waals surface area contributed by atoms with Crippen LogP contribution in [0.15, 0.2) is 42.5 Å². The fourth-order valence-corrected chi connectivity index (χ4v) is 2.98. The number of nitrogens with two attached hydrogens (primary N) is 1. The Balaban J connectivity index is 0.00000243. The van der Waals surface area contributed by atoms with E-state index < -0.39 is 5.82 Å². The molecule has 2 aromatic rings. The average molecular weight is 381 g/mol. The number of amides is 1. The number of para-hydroxylation sites is 2. The number of hydrogen-bond donors (Lipinski definition) is 2. The third-order valence-corrected chi connectivity index (χ3v) is 4.33. The summed E-state index contributed by atoms with van der Waals surface area (Å²) in [5.41, 5.74) is 6.23. The minimum atomic E-state index is -0.563. The molecule has 140 valence electrons. The number of methoxy groups -OCH3 is 1. The van der Waals surface area contributed by atoms with E-state index in [4.69, 9.17) is 15.2 Å². The van der Waals surface area contributed by atoms with E-state index in [1.165, 1.54) is 19.2 Å². The molecule has 26 heavy (non-hydrogen) atoms. The third-order valence-electron chi connectivity index (χ3n) is 4.33. The Morgan fingerprint density at radius 1 is 1.15 bits per heavy atom.